The van der Waals surface area contributed by atoms with Gasteiger partial charge in [0.1, 0.15) is 11.8 Å². The Morgan fingerprint density at radius 2 is 1.82 bits per heavy atom. The zero-order valence-electron chi connectivity index (χ0n) is 9.97. The summed E-state index contributed by atoms with van der Waals surface area (Å²) >= 11 is 0. The zero-order chi connectivity index (χ0) is 13.3. The summed E-state index contributed by atoms with van der Waals surface area (Å²) in [6.07, 6.45) is 1.37. The molecule has 6 N–H and O–H groups in total. The normalized spacial score (nSPS) is 11.2. The maximum absolute atomic E-state index is 10.4. The van der Waals surface area contributed by atoms with Crippen molar-refractivity contribution in [2.45, 2.75) is 25.8 Å². The number of nitrogens with two attached hydrogens (primary N) is 2. The minimum absolute atomic E-state index is 0.160. The summed E-state index contributed by atoms with van der Waals surface area (Å²) in [7, 11) is 0. The van der Waals surface area contributed by atoms with Gasteiger partial charge in [-0.3, -0.25) is 4.79 Å². The molecule has 0 saturated heterocycles. The molecule has 0 bridgehead atoms. The van der Waals surface area contributed by atoms with Gasteiger partial charge in [0.15, 0.2) is 0 Å². The van der Waals surface area contributed by atoms with E-state index in [4.69, 9.17) is 21.7 Å². The predicted octanol–water partition coefficient (Wildman–Crippen LogP) is 0.702. The standard InChI is InChI=1S/C9H11NO3.C3H9N/c10-8(9(12)13)5-6-1-3-7(11)4-2-6;1-2-3-4/h1-4,8,11H,5,10H2,(H,12,13);2-4H2,1H3. The number of hydrogen-bond donors (Lipinski definition) is 4. The van der Waals surface area contributed by atoms with Gasteiger partial charge in [0.05, 0.1) is 0 Å². The van der Waals surface area contributed by atoms with E-state index in [2.05, 4.69) is 6.92 Å². The quantitative estimate of drug-likeness (QED) is 0.619. The monoisotopic (exact) mass is 240 g/mol. The summed E-state index contributed by atoms with van der Waals surface area (Å²) in [5, 5.41) is 17.5. The highest BCUT2D eigenvalue weighted by Gasteiger charge is 2.11. The van der Waals surface area contributed by atoms with Crippen molar-refractivity contribution >= 4 is 5.97 Å². The van der Waals surface area contributed by atoms with Crippen LogP contribution >= 0.6 is 0 Å². The first-order valence-electron chi connectivity index (χ1n) is 5.47. The third-order valence-electron chi connectivity index (χ3n) is 2.00. The lowest BCUT2D eigenvalue weighted by molar-refractivity contribution is -0.138. The van der Waals surface area contributed by atoms with E-state index in [0.29, 0.717) is 0 Å². The molecule has 1 atom stereocenters. The van der Waals surface area contributed by atoms with E-state index in [9.17, 15) is 4.79 Å². The van der Waals surface area contributed by atoms with Crippen LogP contribution in [0.2, 0.25) is 0 Å². The van der Waals surface area contributed by atoms with Gasteiger partial charge in [-0.05, 0) is 37.1 Å². The van der Waals surface area contributed by atoms with E-state index in [1.165, 1.54) is 12.1 Å². The van der Waals surface area contributed by atoms with Crippen LogP contribution in [0.15, 0.2) is 24.3 Å². The van der Waals surface area contributed by atoms with Crippen LogP contribution in [-0.4, -0.2) is 28.8 Å². The zero-order valence-corrected chi connectivity index (χ0v) is 9.97. The molecule has 1 unspecified atom stereocenters. The van der Waals surface area contributed by atoms with Crippen molar-refractivity contribution in [1.82, 2.24) is 0 Å². The molecule has 0 aromatic heterocycles. The Hall–Kier alpha value is -1.59. The average molecular weight is 240 g/mol. The van der Waals surface area contributed by atoms with Gasteiger partial charge in [0, 0.05) is 0 Å². The van der Waals surface area contributed by atoms with Crippen molar-refractivity contribution in [1.29, 1.82) is 0 Å². The third kappa shape index (κ3) is 7.32. The molecule has 5 heteroatoms. The van der Waals surface area contributed by atoms with Crippen LogP contribution in [0, 0.1) is 0 Å². The Balaban J connectivity index is 0.000000557. The Bertz CT molecular complexity index is 323. The number of aromatic hydroxyl groups is 1. The lowest BCUT2D eigenvalue weighted by Gasteiger charge is -2.05. The molecule has 1 aromatic rings. The largest absolute Gasteiger partial charge is 0.508 e. The van der Waals surface area contributed by atoms with E-state index >= 15 is 0 Å². The first-order chi connectivity index (χ1) is 8.01. The molecule has 0 radical (unpaired) electrons. The third-order valence-corrected chi connectivity index (χ3v) is 2.00. The molecule has 96 valence electrons. The summed E-state index contributed by atoms with van der Waals surface area (Å²) in [6, 6.07) is 5.42. The molecule has 1 aromatic carbocycles. The first-order valence-corrected chi connectivity index (χ1v) is 5.47. The molecular formula is C12H20N2O3. The summed E-state index contributed by atoms with van der Waals surface area (Å²) in [5.41, 5.74) is 11.2. The number of hydrogen-bond acceptors (Lipinski definition) is 4. The van der Waals surface area contributed by atoms with Gasteiger partial charge in [0.25, 0.3) is 0 Å². The van der Waals surface area contributed by atoms with Crippen molar-refractivity contribution in [3.8, 4) is 5.75 Å². The summed E-state index contributed by atoms with van der Waals surface area (Å²) in [6.45, 7) is 2.88. The van der Waals surface area contributed by atoms with Crippen LogP contribution in [0.1, 0.15) is 18.9 Å². The second kappa shape index (κ2) is 8.55. The van der Waals surface area contributed by atoms with Crippen molar-refractivity contribution < 1.29 is 15.0 Å². The highest BCUT2D eigenvalue weighted by molar-refractivity contribution is 5.73. The second-order valence-corrected chi connectivity index (χ2v) is 3.60. The SMILES string of the molecule is CCCN.NC(Cc1ccc(O)cc1)C(=O)O. The molecule has 0 aliphatic carbocycles. The molecule has 5 nitrogen and oxygen atoms in total. The minimum atomic E-state index is -1.02. The van der Waals surface area contributed by atoms with Crippen molar-refractivity contribution in [3.63, 3.8) is 0 Å². The summed E-state index contributed by atoms with van der Waals surface area (Å²) in [5.74, 6) is -0.860. The molecule has 1 rings (SSSR count). The van der Waals surface area contributed by atoms with E-state index in [1.54, 1.807) is 12.1 Å². The van der Waals surface area contributed by atoms with Crippen LogP contribution < -0.4 is 11.5 Å². The van der Waals surface area contributed by atoms with Gasteiger partial charge in [0.2, 0.25) is 0 Å². The Labute approximate surface area is 101 Å². The fourth-order valence-corrected chi connectivity index (χ4v) is 0.973. The molecule has 0 amide bonds. The molecule has 0 heterocycles. The van der Waals surface area contributed by atoms with Gasteiger partial charge in [-0.15, -0.1) is 0 Å². The highest BCUT2D eigenvalue weighted by Crippen LogP contribution is 2.10. The van der Waals surface area contributed by atoms with E-state index in [0.717, 1.165) is 18.5 Å². The Kier molecular flexibility index (Phi) is 7.75. The van der Waals surface area contributed by atoms with Gasteiger partial charge in [-0.1, -0.05) is 19.1 Å². The fourth-order valence-electron chi connectivity index (χ4n) is 0.973. The lowest BCUT2D eigenvalue weighted by Crippen LogP contribution is -2.32. The van der Waals surface area contributed by atoms with Crippen molar-refractivity contribution in [3.05, 3.63) is 29.8 Å². The average Bonchev–Trinajstić information content (AvgIpc) is 2.32. The smallest absolute Gasteiger partial charge is 0.320 e. The first kappa shape index (κ1) is 15.4. The molecular weight excluding hydrogens is 220 g/mol. The Morgan fingerprint density at radius 1 is 1.35 bits per heavy atom. The molecule has 0 aliphatic rings. The predicted molar refractivity (Wildman–Crippen MR) is 66.8 cm³/mol. The van der Waals surface area contributed by atoms with Gasteiger partial charge < -0.3 is 21.7 Å². The van der Waals surface area contributed by atoms with Crippen LogP contribution in [0.4, 0.5) is 0 Å². The molecule has 17 heavy (non-hydrogen) atoms. The molecule has 0 saturated carbocycles. The molecule has 0 fully saturated rings. The summed E-state index contributed by atoms with van der Waals surface area (Å²) in [4.78, 5) is 10.4. The number of carboxylic acid groups (broad SMARTS) is 1. The fraction of sp³-hybridized carbons (Fsp3) is 0.417. The molecule has 0 spiro atoms. The maximum Gasteiger partial charge on any atom is 0.320 e. The van der Waals surface area contributed by atoms with Crippen molar-refractivity contribution in [2.24, 2.45) is 11.5 Å². The van der Waals surface area contributed by atoms with Crippen LogP contribution in [0.3, 0.4) is 0 Å². The number of carboxylic acids is 1. The lowest BCUT2D eigenvalue weighted by atomic mass is 10.1. The number of benzene rings is 1. The van der Waals surface area contributed by atoms with Crippen LogP contribution in [-0.2, 0) is 11.2 Å². The van der Waals surface area contributed by atoms with Gasteiger partial charge in [-0.25, -0.2) is 0 Å². The van der Waals surface area contributed by atoms with Gasteiger partial charge in [-0.2, -0.15) is 0 Å². The Morgan fingerprint density at radius 3 is 2.18 bits per heavy atom. The van der Waals surface area contributed by atoms with E-state index in [1.807, 2.05) is 0 Å². The number of rotatable bonds is 4. The van der Waals surface area contributed by atoms with Crippen LogP contribution in [0.25, 0.3) is 0 Å². The number of aliphatic carboxylic acids is 1. The van der Waals surface area contributed by atoms with Crippen LogP contribution in [0.5, 0.6) is 5.75 Å². The van der Waals surface area contributed by atoms with Crippen molar-refractivity contribution in [2.75, 3.05) is 6.54 Å². The van der Waals surface area contributed by atoms with E-state index < -0.39 is 12.0 Å². The minimum Gasteiger partial charge on any atom is -0.508 e. The maximum atomic E-state index is 10.4. The molecule has 0 aliphatic heterocycles. The highest BCUT2D eigenvalue weighted by atomic mass is 16.4. The number of phenolic OH excluding ortho intramolecular Hbond substituents is 1. The topological polar surface area (TPSA) is 110 Å². The van der Waals surface area contributed by atoms with Gasteiger partial charge >= 0.3 is 5.97 Å². The second-order valence-electron chi connectivity index (χ2n) is 3.60. The number of carbonyl (C=O) groups is 1. The number of phenols is 1. The van der Waals surface area contributed by atoms with E-state index in [-0.39, 0.29) is 12.2 Å². The summed E-state index contributed by atoms with van der Waals surface area (Å²) < 4.78 is 0.